The van der Waals surface area contributed by atoms with Crippen LogP contribution in [0, 0.1) is 5.92 Å². The average Bonchev–Trinajstić information content (AvgIpc) is 3.25. The van der Waals surface area contributed by atoms with Crippen LogP contribution >= 0.6 is 0 Å². The number of nitrogens with zero attached hydrogens (tertiary/aromatic N) is 3. The summed E-state index contributed by atoms with van der Waals surface area (Å²) in [7, 11) is -3.72. The lowest BCUT2D eigenvalue weighted by Gasteiger charge is -2.30. The van der Waals surface area contributed by atoms with Crippen molar-refractivity contribution in [2.24, 2.45) is 5.92 Å². The van der Waals surface area contributed by atoms with E-state index in [0.717, 1.165) is 11.3 Å². The first-order valence-corrected chi connectivity index (χ1v) is 11.8. The average molecular weight is 435 g/mol. The minimum atomic E-state index is -3.72. The summed E-state index contributed by atoms with van der Waals surface area (Å²) >= 11 is 0. The molecule has 0 unspecified atom stereocenters. The quantitative estimate of drug-likeness (QED) is 0.689. The van der Waals surface area contributed by atoms with Gasteiger partial charge in [0.15, 0.2) is 5.03 Å². The number of piperidine rings is 1. The number of carbonyl (C=O) groups is 1. The van der Waals surface area contributed by atoms with E-state index in [1.54, 1.807) is 10.8 Å². The number of amides is 1. The number of hydrogen-bond acceptors (Lipinski definition) is 5. The van der Waals surface area contributed by atoms with Crippen LogP contribution in [0.2, 0.25) is 0 Å². The molecule has 3 rings (SSSR count). The molecule has 2 heterocycles. The van der Waals surface area contributed by atoms with Crippen molar-refractivity contribution < 1.29 is 17.9 Å². The Morgan fingerprint density at radius 1 is 1.33 bits per heavy atom. The van der Waals surface area contributed by atoms with Crippen molar-refractivity contribution in [2.75, 3.05) is 19.7 Å². The Kier molecular flexibility index (Phi) is 7.14. The Bertz CT molecular complexity index is 971. The van der Waals surface area contributed by atoms with Gasteiger partial charge in [-0.3, -0.25) is 4.79 Å². The van der Waals surface area contributed by atoms with Crippen LogP contribution in [0.1, 0.15) is 45.2 Å². The van der Waals surface area contributed by atoms with Crippen LogP contribution < -0.4 is 10.1 Å². The molecule has 1 aliphatic heterocycles. The van der Waals surface area contributed by atoms with Crippen molar-refractivity contribution in [1.82, 2.24) is 19.2 Å². The maximum atomic E-state index is 13.0. The highest BCUT2D eigenvalue weighted by atomic mass is 32.2. The molecule has 30 heavy (non-hydrogen) atoms. The van der Waals surface area contributed by atoms with E-state index in [-0.39, 0.29) is 29.4 Å². The number of aromatic nitrogens is 2. The minimum absolute atomic E-state index is 0.0305. The fourth-order valence-electron chi connectivity index (χ4n) is 3.51. The molecular formula is C21H30N4O4S. The van der Waals surface area contributed by atoms with Gasteiger partial charge in [0.1, 0.15) is 5.75 Å². The number of para-hydroxylation sites is 1. The largest absolute Gasteiger partial charge is 0.494 e. The molecule has 164 valence electrons. The topological polar surface area (TPSA) is 93.5 Å². The van der Waals surface area contributed by atoms with E-state index in [2.05, 4.69) is 10.3 Å². The molecule has 1 aromatic heterocycles. The SMILES string of the molecule is CCOc1ccccc1CNC(=O)[C@H]1CCCN(S(=O)(=O)c2cn(C(C)C)cn2)C1. The summed E-state index contributed by atoms with van der Waals surface area (Å²) in [6.45, 7) is 7.29. The molecule has 1 saturated heterocycles. The van der Waals surface area contributed by atoms with Crippen molar-refractivity contribution in [3.63, 3.8) is 0 Å². The summed E-state index contributed by atoms with van der Waals surface area (Å²) in [4.78, 5) is 16.8. The van der Waals surface area contributed by atoms with E-state index in [1.165, 1.54) is 10.6 Å². The van der Waals surface area contributed by atoms with E-state index in [0.29, 0.717) is 32.5 Å². The Balaban J connectivity index is 1.64. The molecule has 0 radical (unpaired) electrons. The smallest absolute Gasteiger partial charge is 0.262 e. The van der Waals surface area contributed by atoms with E-state index in [4.69, 9.17) is 4.74 Å². The summed E-state index contributed by atoms with van der Waals surface area (Å²) < 4.78 is 34.7. The van der Waals surface area contributed by atoms with E-state index in [1.807, 2.05) is 45.0 Å². The molecule has 1 atom stereocenters. The second-order valence-electron chi connectivity index (χ2n) is 7.71. The number of benzene rings is 1. The first-order chi connectivity index (χ1) is 14.3. The van der Waals surface area contributed by atoms with Gasteiger partial charge in [0.25, 0.3) is 10.0 Å². The Labute approximate surface area is 178 Å². The molecule has 9 heteroatoms. The van der Waals surface area contributed by atoms with Gasteiger partial charge in [-0.2, -0.15) is 4.31 Å². The fraction of sp³-hybridized carbons (Fsp3) is 0.524. The third-order valence-electron chi connectivity index (χ3n) is 5.26. The number of rotatable bonds is 8. The summed E-state index contributed by atoms with van der Waals surface area (Å²) in [5.74, 6) is 0.211. The maximum absolute atomic E-state index is 13.0. The fourth-order valence-corrected chi connectivity index (χ4v) is 4.96. The molecule has 0 aliphatic carbocycles. The van der Waals surface area contributed by atoms with Gasteiger partial charge in [0.05, 0.1) is 18.9 Å². The molecule has 0 spiro atoms. The van der Waals surface area contributed by atoms with Crippen LogP contribution in [0.25, 0.3) is 0 Å². The van der Waals surface area contributed by atoms with Gasteiger partial charge in [-0.05, 0) is 39.7 Å². The second-order valence-corrected chi connectivity index (χ2v) is 9.60. The Hall–Kier alpha value is -2.39. The summed E-state index contributed by atoms with van der Waals surface area (Å²) in [5, 5.41) is 2.97. The third-order valence-corrected chi connectivity index (χ3v) is 7.01. The first-order valence-electron chi connectivity index (χ1n) is 10.3. The zero-order valence-corrected chi connectivity index (χ0v) is 18.6. The standard InChI is InChI=1S/C21H30N4O4S/c1-4-29-19-10-6-5-8-17(19)12-22-21(26)18-9-7-11-25(13-18)30(27,28)20-14-24(15-23-20)16(2)3/h5-6,8,10,14-16,18H,4,7,9,11-13H2,1-3H3,(H,22,26)/t18-/m0/s1. The van der Waals surface area contributed by atoms with Crippen molar-refractivity contribution in [3.8, 4) is 5.75 Å². The molecule has 1 N–H and O–H groups in total. The van der Waals surface area contributed by atoms with Crippen LogP contribution in [-0.2, 0) is 21.4 Å². The number of carbonyl (C=O) groups excluding carboxylic acids is 1. The summed E-state index contributed by atoms with van der Waals surface area (Å²) in [6, 6.07) is 7.70. The number of imidazole rings is 1. The minimum Gasteiger partial charge on any atom is -0.494 e. The number of hydrogen-bond donors (Lipinski definition) is 1. The maximum Gasteiger partial charge on any atom is 0.262 e. The van der Waals surface area contributed by atoms with Crippen molar-refractivity contribution in [3.05, 3.63) is 42.4 Å². The second kappa shape index (κ2) is 9.61. The predicted octanol–water partition coefficient (Wildman–Crippen LogP) is 2.58. The molecule has 0 bridgehead atoms. The molecular weight excluding hydrogens is 404 g/mol. The van der Waals surface area contributed by atoms with Crippen molar-refractivity contribution in [2.45, 2.75) is 51.2 Å². The monoisotopic (exact) mass is 434 g/mol. The van der Waals surface area contributed by atoms with Crippen LogP contribution in [0.5, 0.6) is 5.75 Å². The lowest BCUT2D eigenvalue weighted by atomic mass is 9.98. The third kappa shape index (κ3) is 5.02. The van der Waals surface area contributed by atoms with Crippen LogP contribution in [0.3, 0.4) is 0 Å². The molecule has 2 aromatic rings. The summed E-state index contributed by atoms with van der Waals surface area (Å²) in [6.07, 6.45) is 4.37. The molecule has 1 amide bonds. The van der Waals surface area contributed by atoms with E-state index in [9.17, 15) is 13.2 Å². The lowest BCUT2D eigenvalue weighted by Crippen LogP contribution is -2.45. The van der Waals surface area contributed by atoms with Gasteiger partial charge in [0.2, 0.25) is 5.91 Å². The van der Waals surface area contributed by atoms with Crippen molar-refractivity contribution >= 4 is 15.9 Å². The number of sulfonamides is 1. The molecule has 8 nitrogen and oxygen atoms in total. The Morgan fingerprint density at radius 3 is 2.80 bits per heavy atom. The van der Waals surface area contributed by atoms with Crippen LogP contribution in [0.4, 0.5) is 0 Å². The number of nitrogens with one attached hydrogen (secondary N) is 1. The van der Waals surface area contributed by atoms with Gasteiger partial charge in [-0.25, -0.2) is 13.4 Å². The highest BCUT2D eigenvalue weighted by molar-refractivity contribution is 7.89. The van der Waals surface area contributed by atoms with Gasteiger partial charge in [-0.15, -0.1) is 0 Å². The molecule has 0 saturated carbocycles. The zero-order valence-electron chi connectivity index (χ0n) is 17.7. The van der Waals surface area contributed by atoms with E-state index >= 15 is 0 Å². The first kappa shape index (κ1) is 22.3. The van der Waals surface area contributed by atoms with Gasteiger partial charge >= 0.3 is 0 Å². The Morgan fingerprint density at radius 2 is 2.10 bits per heavy atom. The van der Waals surface area contributed by atoms with Crippen LogP contribution in [0.15, 0.2) is 41.8 Å². The highest BCUT2D eigenvalue weighted by Crippen LogP contribution is 2.24. The molecule has 1 aromatic carbocycles. The van der Waals surface area contributed by atoms with Gasteiger partial charge in [0, 0.05) is 37.4 Å². The highest BCUT2D eigenvalue weighted by Gasteiger charge is 2.34. The normalized spacial score (nSPS) is 17.8. The van der Waals surface area contributed by atoms with Crippen molar-refractivity contribution in [1.29, 1.82) is 0 Å². The lowest BCUT2D eigenvalue weighted by molar-refractivity contribution is -0.126. The zero-order chi connectivity index (χ0) is 21.7. The number of ether oxygens (including phenoxy) is 1. The predicted molar refractivity (Wildman–Crippen MR) is 114 cm³/mol. The summed E-state index contributed by atoms with van der Waals surface area (Å²) in [5.41, 5.74) is 0.896. The molecule has 1 aliphatic rings. The van der Waals surface area contributed by atoms with E-state index < -0.39 is 10.0 Å². The molecule has 1 fully saturated rings. The van der Waals surface area contributed by atoms with Gasteiger partial charge < -0.3 is 14.6 Å². The van der Waals surface area contributed by atoms with Gasteiger partial charge in [-0.1, -0.05) is 18.2 Å². The van der Waals surface area contributed by atoms with Crippen LogP contribution in [-0.4, -0.2) is 47.9 Å².